The van der Waals surface area contributed by atoms with Crippen LogP contribution < -0.4 is 16.0 Å². The van der Waals surface area contributed by atoms with Crippen LogP contribution in [0.4, 0.5) is 0 Å². The molecule has 10 nitrogen and oxygen atoms in total. The standard InChI is InChI=1S/C17H12Cl2N6O4/c1-7(2)13-12(26)6-21-16(22-13)29-14-9(18)3-8(4-10(14)19)25-17(28)23-15(27)11(5-20)24-25/h3-4,6-7,26H,1-2H3,(H,23,27,28). The zero-order valence-corrected chi connectivity index (χ0v) is 16.5. The topological polar surface area (TPSA) is 147 Å². The number of H-pyrrole nitrogens is 1. The number of rotatable bonds is 4. The molecule has 0 spiro atoms. The fraction of sp³-hybridized carbons (Fsp3) is 0.176. The number of aromatic hydroxyl groups is 1. The summed E-state index contributed by atoms with van der Waals surface area (Å²) in [5.74, 6) is -0.145. The molecule has 0 saturated heterocycles. The average Bonchev–Trinajstić information content (AvgIpc) is 2.65. The van der Waals surface area contributed by atoms with Crippen molar-refractivity contribution in [3.05, 3.63) is 60.6 Å². The summed E-state index contributed by atoms with van der Waals surface area (Å²) in [7, 11) is 0. The lowest BCUT2D eigenvalue weighted by molar-refractivity contribution is 0.417. The lowest BCUT2D eigenvalue weighted by Gasteiger charge is -2.12. The minimum absolute atomic E-state index is 0.00585. The molecule has 2 aromatic heterocycles. The van der Waals surface area contributed by atoms with Crippen LogP contribution in [0.2, 0.25) is 10.0 Å². The number of nitrogens with one attached hydrogen (secondary N) is 1. The Bertz CT molecular complexity index is 1240. The van der Waals surface area contributed by atoms with Gasteiger partial charge in [-0.2, -0.15) is 19.9 Å². The van der Waals surface area contributed by atoms with Gasteiger partial charge in [0.05, 0.1) is 27.6 Å². The lowest BCUT2D eigenvalue weighted by Crippen LogP contribution is -2.33. The van der Waals surface area contributed by atoms with Crippen LogP contribution in [0.5, 0.6) is 17.5 Å². The minimum Gasteiger partial charge on any atom is -0.504 e. The predicted octanol–water partition coefficient (Wildman–Crippen LogP) is 2.51. The maximum atomic E-state index is 12.0. The Kier molecular flexibility index (Phi) is 5.54. The van der Waals surface area contributed by atoms with Crippen molar-refractivity contribution in [3.63, 3.8) is 0 Å². The molecule has 0 unspecified atom stereocenters. The van der Waals surface area contributed by atoms with Crippen LogP contribution in [0.1, 0.15) is 31.2 Å². The van der Waals surface area contributed by atoms with E-state index in [1.54, 1.807) is 6.07 Å². The van der Waals surface area contributed by atoms with E-state index in [1.165, 1.54) is 18.3 Å². The second-order valence-corrected chi connectivity index (χ2v) is 6.86. The predicted molar refractivity (Wildman–Crippen MR) is 103 cm³/mol. The number of hydrogen-bond acceptors (Lipinski definition) is 8. The first-order valence-corrected chi connectivity index (χ1v) is 8.83. The number of aromatic amines is 1. The van der Waals surface area contributed by atoms with Crippen LogP contribution >= 0.6 is 23.2 Å². The molecule has 0 aliphatic rings. The van der Waals surface area contributed by atoms with Crippen LogP contribution in [0.3, 0.4) is 0 Å². The molecule has 0 bridgehead atoms. The molecular weight excluding hydrogens is 423 g/mol. The van der Waals surface area contributed by atoms with Crippen LogP contribution in [0, 0.1) is 11.3 Å². The van der Waals surface area contributed by atoms with Gasteiger partial charge in [-0.1, -0.05) is 37.0 Å². The Labute approximate surface area is 173 Å². The number of nitrogens with zero attached hydrogens (tertiary/aromatic N) is 5. The molecule has 0 amide bonds. The molecule has 0 aliphatic carbocycles. The SMILES string of the molecule is CC(C)c1nc(Oc2c(Cl)cc(-n3nc(C#N)c(=O)[nH]c3=O)cc2Cl)ncc1O. The number of halogens is 2. The van der Waals surface area contributed by atoms with E-state index in [9.17, 15) is 14.7 Å². The van der Waals surface area contributed by atoms with E-state index in [-0.39, 0.29) is 39.2 Å². The summed E-state index contributed by atoms with van der Waals surface area (Å²) in [5, 5.41) is 22.4. The molecular formula is C17H12Cl2N6O4. The van der Waals surface area contributed by atoms with Crippen LogP contribution in [0.25, 0.3) is 5.69 Å². The first-order chi connectivity index (χ1) is 13.7. The van der Waals surface area contributed by atoms with E-state index in [0.717, 1.165) is 4.68 Å². The Morgan fingerprint density at radius 2 is 1.93 bits per heavy atom. The molecule has 2 N–H and O–H groups in total. The van der Waals surface area contributed by atoms with Crippen molar-refractivity contribution in [1.29, 1.82) is 5.26 Å². The normalized spacial score (nSPS) is 10.8. The molecule has 0 fully saturated rings. The first-order valence-electron chi connectivity index (χ1n) is 8.08. The summed E-state index contributed by atoms with van der Waals surface area (Å²) in [6.07, 6.45) is 1.20. The maximum Gasteiger partial charge on any atom is 0.349 e. The third-order valence-corrected chi connectivity index (χ3v) is 4.24. The van der Waals surface area contributed by atoms with Gasteiger partial charge in [-0.25, -0.2) is 4.79 Å². The van der Waals surface area contributed by atoms with Gasteiger partial charge in [-0.15, -0.1) is 5.10 Å². The van der Waals surface area contributed by atoms with Crippen molar-refractivity contribution >= 4 is 23.2 Å². The van der Waals surface area contributed by atoms with Gasteiger partial charge in [-0.3, -0.25) is 9.78 Å². The summed E-state index contributed by atoms with van der Waals surface area (Å²) in [6, 6.07) is 4.11. The maximum absolute atomic E-state index is 12.0. The van der Waals surface area contributed by atoms with E-state index < -0.39 is 16.9 Å². The number of hydrogen-bond donors (Lipinski definition) is 2. The third kappa shape index (κ3) is 4.06. The fourth-order valence-corrected chi connectivity index (χ4v) is 2.90. The molecule has 0 aliphatic heterocycles. The van der Waals surface area contributed by atoms with Crippen molar-refractivity contribution in [3.8, 4) is 29.3 Å². The first kappa shape index (κ1) is 20.3. The summed E-state index contributed by atoms with van der Waals surface area (Å²) in [6.45, 7) is 3.68. The van der Waals surface area contributed by atoms with Crippen molar-refractivity contribution in [2.45, 2.75) is 19.8 Å². The van der Waals surface area contributed by atoms with E-state index in [4.69, 9.17) is 33.2 Å². The second-order valence-electron chi connectivity index (χ2n) is 6.05. The summed E-state index contributed by atoms with van der Waals surface area (Å²) < 4.78 is 6.33. The van der Waals surface area contributed by atoms with E-state index in [1.807, 2.05) is 18.8 Å². The summed E-state index contributed by atoms with van der Waals surface area (Å²) in [5.41, 5.74) is -1.81. The van der Waals surface area contributed by atoms with Gasteiger partial charge in [0.25, 0.3) is 5.56 Å². The molecule has 2 heterocycles. The second kappa shape index (κ2) is 7.90. The molecule has 12 heteroatoms. The third-order valence-electron chi connectivity index (χ3n) is 3.68. The Morgan fingerprint density at radius 3 is 2.52 bits per heavy atom. The van der Waals surface area contributed by atoms with Gasteiger partial charge < -0.3 is 9.84 Å². The molecule has 1 aromatic carbocycles. The van der Waals surface area contributed by atoms with Crippen molar-refractivity contribution in [2.24, 2.45) is 0 Å². The molecule has 29 heavy (non-hydrogen) atoms. The molecule has 148 valence electrons. The van der Waals surface area contributed by atoms with Crippen LogP contribution in [0.15, 0.2) is 27.9 Å². The number of benzene rings is 1. The smallest absolute Gasteiger partial charge is 0.349 e. The molecule has 0 saturated carbocycles. The van der Waals surface area contributed by atoms with E-state index in [0.29, 0.717) is 5.69 Å². The average molecular weight is 435 g/mol. The Hall–Kier alpha value is -3.42. The van der Waals surface area contributed by atoms with Crippen molar-refractivity contribution in [1.82, 2.24) is 24.7 Å². The molecule has 0 atom stereocenters. The Balaban J connectivity index is 2.04. The van der Waals surface area contributed by atoms with Crippen molar-refractivity contribution < 1.29 is 9.84 Å². The summed E-state index contributed by atoms with van der Waals surface area (Å²) >= 11 is 12.5. The lowest BCUT2D eigenvalue weighted by atomic mass is 10.1. The minimum atomic E-state index is -0.906. The monoisotopic (exact) mass is 434 g/mol. The van der Waals surface area contributed by atoms with Gasteiger partial charge in [0.1, 0.15) is 6.07 Å². The number of aromatic nitrogens is 5. The van der Waals surface area contributed by atoms with Crippen LogP contribution in [-0.4, -0.2) is 29.8 Å². The zero-order valence-electron chi connectivity index (χ0n) is 15.0. The number of nitriles is 1. The van der Waals surface area contributed by atoms with Gasteiger partial charge >= 0.3 is 11.7 Å². The van der Waals surface area contributed by atoms with Crippen molar-refractivity contribution in [2.75, 3.05) is 0 Å². The highest BCUT2D eigenvalue weighted by atomic mass is 35.5. The van der Waals surface area contributed by atoms with Crippen LogP contribution in [-0.2, 0) is 0 Å². The van der Waals surface area contributed by atoms with Gasteiger partial charge in [0.2, 0.25) is 5.69 Å². The highest BCUT2D eigenvalue weighted by Crippen LogP contribution is 2.37. The molecule has 0 radical (unpaired) electrons. The van der Waals surface area contributed by atoms with E-state index >= 15 is 0 Å². The quantitative estimate of drug-likeness (QED) is 0.636. The Morgan fingerprint density at radius 1 is 1.28 bits per heavy atom. The zero-order chi connectivity index (χ0) is 21.3. The van der Waals surface area contributed by atoms with Gasteiger partial charge in [-0.05, 0) is 18.1 Å². The fourth-order valence-electron chi connectivity index (χ4n) is 2.35. The molecule has 3 aromatic rings. The summed E-state index contributed by atoms with van der Waals surface area (Å²) in [4.78, 5) is 33.5. The largest absolute Gasteiger partial charge is 0.504 e. The molecule has 3 rings (SSSR count). The van der Waals surface area contributed by atoms with E-state index in [2.05, 4.69) is 15.1 Å². The van der Waals surface area contributed by atoms with Gasteiger partial charge in [0, 0.05) is 0 Å². The highest BCUT2D eigenvalue weighted by molar-refractivity contribution is 6.37. The number of ether oxygens (including phenoxy) is 1. The van der Waals surface area contributed by atoms with Gasteiger partial charge in [0.15, 0.2) is 11.5 Å². The highest BCUT2D eigenvalue weighted by Gasteiger charge is 2.17.